The third-order valence-corrected chi connectivity index (χ3v) is 5.46. The molecular weight excluding hydrogens is 418 g/mol. The highest BCUT2D eigenvalue weighted by molar-refractivity contribution is 6.30. The maximum Gasteiger partial charge on any atom is 0.338 e. The van der Waals surface area contributed by atoms with Crippen LogP contribution in [0.4, 0.5) is 0 Å². The molecule has 0 bridgehead atoms. The van der Waals surface area contributed by atoms with Gasteiger partial charge in [-0.1, -0.05) is 29.8 Å². The Labute approximate surface area is 185 Å². The van der Waals surface area contributed by atoms with Gasteiger partial charge in [0, 0.05) is 22.0 Å². The molecule has 0 saturated carbocycles. The largest absolute Gasteiger partial charge is 0.486 e. The van der Waals surface area contributed by atoms with Crippen LogP contribution >= 0.6 is 11.6 Å². The summed E-state index contributed by atoms with van der Waals surface area (Å²) in [4.78, 5) is 24.9. The maximum absolute atomic E-state index is 12.7. The van der Waals surface area contributed by atoms with Gasteiger partial charge in [-0.25, -0.2) is 4.79 Å². The van der Waals surface area contributed by atoms with Gasteiger partial charge in [0.2, 0.25) is 5.78 Å². The number of aryl methyl sites for hydroxylation is 1. The smallest absolute Gasteiger partial charge is 0.338 e. The number of carbonyl (C=O) groups excluding carboxylic acids is 2. The predicted octanol–water partition coefficient (Wildman–Crippen LogP) is 4.64. The monoisotopic (exact) mass is 439 g/mol. The van der Waals surface area contributed by atoms with Gasteiger partial charge in [-0.2, -0.15) is 0 Å². The zero-order valence-electron chi connectivity index (χ0n) is 17.3. The topological polar surface area (TPSA) is 66.8 Å². The number of nitrogens with zero attached hydrogens (tertiary/aromatic N) is 1. The van der Waals surface area contributed by atoms with E-state index >= 15 is 0 Å². The Morgan fingerprint density at radius 3 is 2.65 bits per heavy atom. The molecule has 0 aliphatic carbocycles. The van der Waals surface area contributed by atoms with Crippen LogP contribution in [0.2, 0.25) is 5.02 Å². The summed E-state index contributed by atoms with van der Waals surface area (Å²) in [6.07, 6.45) is -0.177. The van der Waals surface area contributed by atoms with Crippen LogP contribution in [-0.2, 0) is 11.3 Å². The van der Waals surface area contributed by atoms with Gasteiger partial charge in [0.1, 0.15) is 6.61 Å². The predicted molar refractivity (Wildman–Crippen MR) is 116 cm³/mol. The third-order valence-electron chi connectivity index (χ3n) is 5.22. The van der Waals surface area contributed by atoms with Crippen LogP contribution in [0.1, 0.15) is 32.1 Å². The fraction of sp³-hybridized carbons (Fsp3) is 0.250. The van der Waals surface area contributed by atoms with E-state index in [-0.39, 0.29) is 18.5 Å². The number of esters is 1. The van der Waals surface area contributed by atoms with Gasteiger partial charge in [-0.3, -0.25) is 4.79 Å². The van der Waals surface area contributed by atoms with E-state index in [0.717, 1.165) is 17.1 Å². The van der Waals surface area contributed by atoms with Crippen molar-refractivity contribution in [3.05, 3.63) is 82.1 Å². The van der Waals surface area contributed by atoms with Crippen molar-refractivity contribution in [3.63, 3.8) is 0 Å². The van der Waals surface area contributed by atoms with Crippen LogP contribution in [0.3, 0.4) is 0 Å². The molecule has 0 amide bonds. The number of ketones is 1. The van der Waals surface area contributed by atoms with Crippen molar-refractivity contribution in [1.29, 1.82) is 0 Å². The first-order valence-corrected chi connectivity index (χ1v) is 10.3. The van der Waals surface area contributed by atoms with E-state index < -0.39 is 5.97 Å². The molecular formula is C24H22ClNO5. The summed E-state index contributed by atoms with van der Waals surface area (Å²) in [6, 6.07) is 15.8. The average Bonchev–Trinajstić information content (AvgIpc) is 3.05. The minimum atomic E-state index is -0.587. The molecule has 0 spiro atoms. The number of ether oxygens (including phenoxy) is 3. The second-order valence-electron chi connectivity index (χ2n) is 7.40. The fourth-order valence-electron chi connectivity index (χ4n) is 3.63. The quantitative estimate of drug-likeness (QED) is 0.413. The minimum absolute atomic E-state index is 0.177. The molecule has 1 aliphatic rings. The first kappa shape index (κ1) is 21.0. The summed E-state index contributed by atoms with van der Waals surface area (Å²) in [7, 11) is 0. The molecule has 0 radical (unpaired) electrons. The number of halogens is 1. The SMILES string of the molecule is Cc1cc(C(=O)COC(=O)c2cccc(Cl)c2)c(C)n1CC1COc2ccccc2O1. The summed E-state index contributed by atoms with van der Waals surface area (Å²) in [6.45, 7) is 4.43. The van der Waals surface area contributed by atoms with Gasteiger partial charge in [0.25, 0.3) is 0 Å². The summed E-state index contributed by atoms with van der Waals surface area (Å²) in [5, 5.41) is 0.431. The molecule has 0 saturated heterocycles. The van der Waals surface area contributed by atoms with Gasteiger partial charge < -0.3 is 18.8 Å². The van der Waals surface area contributed by atoms with Crippen molar-refractivity contribution < 1.29 is 23.8 Å². The third kappa shape index (κ3) is 4.59. The molecule has 1 unspecified atom stereocenters. The van der Waals surface area contributed by atoms with Crippen molar-refractivity contribution in [1.82, 2.24) is 4.57 Å². The number of rotatable bonds is 6. The Kier molecular flexibility index (Phi) is 6.00. The second-order valence-corrected chi connectivity index (χ2v) is 7.84. The van der Waals surface area contributed by atoms with Gasteiger partial charge in [0.15, 0.2) is 24.2 Å². The lowest BCUT2D eigenvalue weighted by atomic mass is 10.1. The van der Waals surface area contributed by atoms with E-state index in [1.165, 1.54) is 6.07 Å². The lowest BCUT2D eigenvalue weighted by Crippen LogP contribution is -2.33. The number of Topliss-reactive ketones (excluding diaryl/α,β-unsaturated/α-hetero) is 1. The van der Waals surface area contributed by atoms with Crippen LogP contribution < -0.4 is 9.47 Å². The molecule has 31 heavy (non-hydrogen) atoms. The van der Waals surface area contributed by atoms with E-state index in [1.807, 2.05) is 48.7 Å². The molecule has 0 fully saturated rings. The molecule has 4 rings (SSSR count). The molecule has 1 aromatic heterocycles. The molecule has 0 N–H and O–H groups in total. The normalized spacial score (nSPS) is 14.9. The number of hydrogen-bond acceptors (Lipinski definition) is 5. The van der Waals surface area contributed by atoms with Crippen LogP contribution in [0.25, 0.3) is 0 Å². The number of fused-ring (bicyclic) bond motifs is 1. The first-order chi connectivity index (χ1) is 14.9. The van der Waals surface area contributed by atoms with Gasteiger partial charge in [-0.05, 0) is 50.2 Å². The Balaban J connectivity index is 1.42. The number of benzene rings is 2. The van der Waals surface area contributed by atoms with E-state index in [4.69, 9.17) is 25.8 Å². The van der Waals surface area contributed by atoms with E-state index in [2.05, 4.69) is 0 Å². The molecule has 1 atom stereocenters. The first-order valence-electron chi connectivity index (χ1n) is 9.93. The number of para-hydroxylation sites is 2. The van der Waals surface area contributed by atoms with Gasteiger partial charge in [-0.15, -0.1) is 0 Å². The lowest BCUT2D eigenvalue weighted by molar-refractivity contribution is 0.0474. The Hall–Kier alpha value is -3.25. The van der Waals surface area contributed by atoms with Crippen LogP contribution in [-0.4, -0.2) is 35.6 Å². The summed E-state index contributed by atoms with van der Waals surface area (Å²) in [5.41, 5.74) is 2.54. The second kappa shape index (κ2) is 8.86. The van der Waals surface area contributed by atoms with Crippen molar-refractivity contribution in [2.45, 2.75) is 26.5 Å². The number of hydrogen-bond donors (Lipinski definition) is 0. The van der Waals surface area contributed by atoms with Crippen molar-refractivity contribution in [2.24, 2.45) is 0 Å². The van der Waals surface area contributed by atoms with Crippen molar-refractivity contribution in [2.75, 3.05) is 13.2 Å². The Morgan fingerprint density at radius 1 is 1.10 bits per heavy atom. The lowest BCUT2D eigenvalue weighted by Gasteiger charge is -2.27. The highest BCUT2D eigenvalue weighted by Crippen LogP contribution is 2.31. The molecule has 3 aromatic rings. The fourth-order valence-corrected chi connectivity index (χ4v) is 3.82. The molecule has 7 heteroatoms. The molecule has 160 valence electrons. The Morgan fingerprint density at radius 2 is 1.87 bits per heavy atom. The minimum Gasteiger partial charge on any atom is -0.486 e. The zero-order valence-corrected chi connectivity index (χ0v) is 18.0. The van der Waals surface area contributed by atoms with Crippen LogP contribution in [0.5, 0.6) is 11.5 Å². The van der Waals surface area contributed by atoms with Crippen LogP contribution in [0.15, 0.2) is 54.6 Å². The summed E-state index contributed by atoms with van der Waals surface area (Å²) in [5.74, 6) is 0.597. The van der Waals surface area contributed by atoms with Crippen molar-refractivity contribution in [3.8, 4) is 11.5 Å². The average molecular weight is 440 g/mol. The van der Waals surface area contributed by atoms with Crippen LogP contribution in [0, 0.1) is 13.8 Å². The molecule has 2 heterocycles. The van der Waals surface area contributed by atoms with E-state index in [0.29, 0.717) is 35.1 Å². The molecule has 6 nitrogen and oxygen atoms in total. The zero-order chi connectivity index (χ0) is 22.0. The number of aromatic nitrogens is 1. The maximum atomic E-state index is 12.7. The van der Waals surface area contributed by atoms with Crippen molar-refractivity contribution >= 4 is 23.4 Å². The highest BCUT2D eigenvalue weighted by Gasteiger charge is 2.24. The highest BCUT2D eigenvalue weighted by atomic mass is 35.5. The van der Waals surface area contributed by atoms with E-state index in [1.54, 1.807) is 18.2 Å². The summed E-state index contributed by atoms with van der Waals surface area (Å²) >= 11 is 5.90. The summed E-state index contributed by atoms with van der Waals surface area (Å²) < 4.78 is 19.0. The van der Waals surface area contributed by atoms with Gasteiger partial charge in [0.05, 0.1) is 12.1 Å². The molecule has 1 aliphatic heterocycles. The van der Waals surface area contributed by atoms with Gasteiger partial charge >= 0.3 is 5.97 Å². The van der Waals surface area contributed by atoms with E-state index in [9.17, 15) is 9.59 Å². The standard InChI is InChI=1S/C24H22ClNO5/c1-15-10-20(21(27)14-30-24(28)17-6-5-7-18(25)11-17)16(2)26(15)12-19-13-29-22-8-3-4-9-23(22)31-19/h3-11,19H,12-14H2,1-2H3. The number of carbonyl (C=O) groups is 2. The Bertz CT molecular complexity index is 1140. The molecule has 2 aromatic carbocycles.